The topological polar surface area (TPSA) is 37.5 Å². The molecule has 1 fully saturated rings. The smallest absolute Gasteiger partial charge is 0.136 e. The first-order chi connectivity index (χ1) is 9.63. The lowest BCUT2D eigenvalue weighted by Gasteiger charge is -2.35. The fraction of sp³-hybridized carbons (Fsp3) is 0.588. The van der Waals surface area contributed by atoms with E-state index in [1.165, 1.54) is 6.42 Å². The summed E-state index contributed by atoms with van der Waals surface area (Å²) in [6.45, 7) is 4.59. The summed E-state index contributed by atoms with van der Waals surface area (Å²) in [5.41, 5.74) is 2.10. The average molecular weight is 272 g/mol. The van der Waals surface area contributed by atoms with Gasteiger partial charge in [-0.15, -0.1) is 0 Å². The number of imidazole rings is 1. The van der Waals surface area contributed by atoms with Crippen LogP contribution in [0.15, 0.2) is 30.6 Å². The lowest BCUT2D eigenvalue weighted by Crippen LogP contribution is -2.32. The van der Waals surface area contributed by atoms with E-state index in [9.17, 15) is 5.11 Å². The Morgan fingerprint density at radius 1 is 1.35 bits per heavy atom. The predicted molar refractivity (Wildman–Crippen MR) is 80.6 cm³/mol. The van der Waals surface area contributed by atoms with Crippen molar-refractivity contribution >= 4 is 5.65 Å². The van der Waals surface area contributed by atoms with Gasteiger partial charge in [0, 0.05) is 12.4 Å². The third kappa shape index (κ3) is 2.73. The maximum atomic E-state index is 10.3. The van der Waals surface area contributed by atoms with E-state index in [4.69, 9.17) is 0 Å². The molecule has 0 aliphatic heterocycles. The van der Waals surface area contributed by atoms with E-state index < -0.39 is 0 Å². The van der Waals surface area contributed by atoms with Gasteiger partial charge in [-0.25, -0.2) is 4.98 Å². The van der Waals surface area contributed by atoms with Crippen molar-refractivity contribution in [3.63, 3.8) is 0 Å². The summed E-state index contributed by atoms with van der Waals surface area (Å²) >= 11 is 0. The minimum Gasteiger partial charge on any atom is -0.393 e. The number of aliphatic hydroxyl groups excluding tert-OH is 1. The second-order valence-electron chi connectivity index (χ2n) is 6.55. The monoisotopic (exact) mass is 272 g/mol. The van der Waals surface area contributed by atoms with Crippen molar-refractivity contribution in [2.24, 2.45) is 17.8 Å². The molecule has 2 heterocycles. The number of hydrogen-bond acceptors (Lipinski definition) is 2. The number of fused-ring (bicyclic) bond motifs is 1. The zero-order chi connectivity index (χ0) is 14.1. The van der Waals surface area contributed by atoms with Gasteiger partial charge < -0.3 is 9.51 Å². The van der Waals surface area contributed by atoms with Crippen LogP contribution in [0.2, 0.25) is 0 Å². The first kappa shape index (κ1) is 13.6. The Hall–Kier alpha value is -1.35. The number of rotatable bonds is 3. The molecule has 2 aromatic heterocycles. The van der Waals surface area contributed by atoms with Crippen molar-refractivity contribution in [1.29, 1.82) is 0 Å². The molecule has 0 spiro atoms. The molecule has 108 valence electrons. The van der Waals surface area contributed by atoms with Gasteiger partial charge in [0.2, 0.25) is 0 Å². The minimum absolute atomic E-state index is 0.158. The third-order valence-corrected chi connectivity index (χ3v) is 4.81. The highest BCUT2D eigenvalue weighted by Gasteiger charge is 2.31. The van der Waals surface area contributed by atoms with Gasteiger partial charge in [-0.05, 0) is 55.6 Å². The number of hydrogen-bond donors (Lipinski definition) is 1. The van der Waals surface area contributed by atoms with Crippen molar-refractivity contribution < 1.29 is 5.11 Å². The molecule has 0 amide bonds. The lowest BCUT2D eigenvalue weighted by atomic mass is 9.73. The van der Waals surface area contributed by atoms with Crippen LogP contribution in [0.4, 0.5) is 0 Å². The zero-order valence-corrected chi connectivity index (χ0v) is 12.4. The van der Waals surface area contributed by atoms with Crippen LogP contribution >= 0.6 is 0 Å². The molecule has 1 aliphatic rings. The number of aliphatic hydroxyl groups is 1. The van der Waals surface area contributed by atoms with Gasteiger partial charge >= 0.3 is 0 Å². The standard InChI is InChI=1S/C17H24N2O/c1-12(2)13-6-7-16(20)14(9-13)10-15-11-19-8-4-3-5-17(19)18-15/h3-5,8,11-14,16,20H,6-7,9-10H2,1-2H3. The molecule has 3 rings (SSSR count). The lowest BCUT2D eigenvalue weighted by molar-refractivity contribution is 0.0375. The highest BCUT2D eigenvalue weighted by atomic mass is 16.3. The number of nitrogens with zero attached hydrogens (tertiary/aromatic N) is 2. The second-order valence-corrected chi connectivity index (χ2v) is 6.55. The molecule has 0 saturated heterocycles. The van der Waals surface area contributed by atoms with Crippen LogP contribution in [0, 0.1) is 17.8 Å². The first-order valence-corrected chi connectivity index (χ1v) is 7.74. The Kier molecular flexibility index (Phi) is 3.79. The summed E-state index contributed by atoms with van der Waals surface area (Å²) in [4.78, 5) is 4.66. The van der Waals surface area contributed by atoms with Crippen LogP contribution in [0.5, 0.6) is 0 Å². The van der Waals surface area contributed by atoms with E-state index in [1.807, 2.05) is 24.4 Å². The second kappa shape index (κ2) is 5.57. The Balaban J connectivity index is 1.75. The van der Waals surface area contributed by atoms with Gasteiger partial charge in [0.25, 0.3) is 0 Å². The van der Waals surface area contributed by atoms with Gasteiger partial charge in [0.05, 0.1) is 11.8 Å². The van der Waals surface area contributed by atoms with Crippen molar-refractivity contribution in [2.45, 2.75) is 45.6 Å². The minimum atomic E-state index is -0.158. The Labute approximate surface area is 120 Å². The quantitative estimate of drug-likeness (QED) is 0.930. The summed E-state index contributed by atoms with van der Waals surface area (Å²) in [6.07, 6.45) is 8.11. The van der Waals surface area contributed by atoms with Crippen LogP contribution in [0.3, 0.4) is 0 Å². The molecule has 0 radical (unpaired) electrons. The van der Waals surface area contributed by atoms with Gasteiger partial charge in [0.1, 0.15) is 5.65 Å². The Morgan fingerprint density at radius 3 is 2.95 bits per heavy atom. The maximum Gasteiger partial charge on any atom is 0.136 e. The normalized spacial score (nSPS) is 27.3. The summed E-state index contributed by atoms with van der Waals surface area (Å²) in [5.74, 6) is 1.83. The molecule has 20 heavy (non-hydrogen) atoms. The van der Waals surface area contributed by atoms with Crippen molar-refractivity contribution in [2.75, 3.05) is 0 Å². The molecular formula is C17H24N2O. The molecule has 3 heteroatoms. The number of pyridine rings is 1. The molecule has 3 atom stereocenters. The van der Waals surface area contributed by atoms with E-state index in [1.54, 1.807) is 0 Å². The fourth-order valence-corrected chi connectivity index (χ4v) is 3.46. The van der Waals surface area contributed by atoms with Gasteiger partial charge in [-0.3, -0.25) is 0 Å². The van der Waals surface area contributed by atoms with E-state index >= 15 is 0 Å². The predicted octanol–water partition coefficient (Wildman–Crippen LogP) is 3.31. The summed E-state index contributed by atoms with van der Waals surface area (Å²) < 4.78 is 2.06. The molecule has 2 aromatic rings. The molecule has 1 N–H and O–H groups in total. The molecule has 1 saturated carbocycles. The number of aromatic nitrogens is 2. The van der Waals surface area contributed by atoms with E-state index in [0.29, 0.717) is 11.8 Å². The maximum absolute atomic E-state index is 10.3. The Morgan fingerprint density at radius 2 is 2.20 bits per heavy atom. The van der Waals surface area contributed by atoms with E-state index in [-0.39, 0.29) is 6.10 Å². The molecule has 0 aromatic carbocycles. The van der Waals surface area contributed by atoms with Crippen LogP contribution < -0.4 is 0 Å². The summed E-state index contributed by atoms with van der Waals surface area (Å²) in [5, 5.41) is 10.3. The van der Waals surface area contributed by atoms with Gasteiger partial charge in [-0.2, -0.15) is 0 Å². The van der Waals surface area contributed by atoms with Crippen molar-refractivity contribution in [1.82, 2.24) is 9.38 Å². The largest absolute Gasteiger partial charge is 0.393 e. The molecular weight excluding hydrogens is 248 g/mol. The van der Waals surface area contributed by atoms with Crippen molar-refractivity contribution in [3.8, 4) is 0 Å². The van der Waals surface area contributed by atoms with Crippen LogP contribution in [0.1, 0.15) is 38.8 Å². The Bertz CT molecular complexity index is 542. The van der Waals surface area contributed by atoms with E-state index in [0.717, 1.165) is 36.5 Å². The van der Waals surface area contributed by atoms with Crippen LogP contribution in [0.25, 0.3) is 5.65 Å². The first-order valence-electron chi connectivity index (χ1n) is 7.74. The third-order valence-electron chi connectivity index (χ3n) is 4.81. The average Bonchev–Trinajstić information content (AvgIpc) is 2.83. The van der Waals surface area contributed by atoms with Gasteiger partial charge in [0.15, 0.2) is 0 Å². The van der Waals surface area contributed by atoms with Crippen LogP contribution in [-0.2, 0) is 6.42 Å². The summed E-state index contributed by atoms with van der Waals surface area (Å²) in [7, 11) is 0. The van der Waals surface area contributed by atoms with Gasteiger partial charge in [-0.1, -0.05) is 19.9 Å². The van der Waals surface area contributed by atoms with Crippen molar-refractivity contribution in [3.05, 3.63) is 36.3 Å². The van der Waals surface area contributed by atoms with E-state index in [2.05, 4.69) is 29.4 Å². The SMILES string of the molecule is CC(C)C1CCC(O)C(Cc2cn3ccccc3n2)C1. The molecule has 0 bridgehead atoms. The highest BCUT2D eigenvalue weighted by Crippen LogP contribution is 2.35. The fourth-order valence-electron chi connectivity index (χ4n) is 3.46. The zero-order valence-electron chi connectivity index (χ0n) is 12.4. The molecule has 3 nitrogen and oxygen atoms in total. The molecule has 1 aliphatic carbocycles. The molecule has 3 unspecified atom stereocenters. The highest BCUT2D eigenvalue weighted by molar-refractivity contribution is 5.39. The summed E-state index contributed by atoms with van der Waals surface area (Å²) in [6, 6.07) is 6.05. The van der Waals surface area contributed by atoms with Crippen LogP contribution in [-0.4, -0.2) is 20.6 Å².